The van der Waals surface area contributed by atoms with E-state index in [1.807, 2.05) is 0 Å². The SMILES string of the molecule is CCOC(=O)C(C)(CC)c1c(F)cccc1F. The van der Waals surface area contributed by atoms with Crippen LogP contribution < -0.4 is 0 Å². The highest BCUT2D eigenvalue weighted by Gasteiger charge is 2.39. The van der Waals surface area contributed by atoms with Crippen molar-refractivity contribution < 1.29 is 18.3 Å². The fourth-order valence-corrected chi connectivity index (χ4v) is 1.74. The molecule has 1 rings (SSSR count). The molecule has 0 aliphatic heterocycles. The molecule has 0 N–H and O–H groups in total. The Morgan fingerprint density at radius 2 is 1.82 bits per heavy atom. The Balaban J connectivity index is 3.30. The van der Waals surface area contributed by atoms with Crippen LogP contribution in [0.3, 0.4) is 0 Å². The summed E-state index contributed by atoms with van der Waals surface area (Å²) in [6.45, 7) is 5.03. The standard InChI is InChI=1S/C13H16F2O2/c1-4-13(3,12(16)17-5-2)11-9(14)7-6-8-10(11)15/h6-8H,4-5H2,1-3H3. The topological polar surface area (TPSA) is 26.3 Å². The summed E-state index contributed by atoms with van der Waals surface area (Å²) in [6, 6.07) is 3.56. The predicted molar refractivity (Wildman–Crippen MR) is 60.6 cm³/mol. The minimum absolute atomic E-state index is 0.185. The summed E-state index contributed by atoms with van der Waals surface area (Å²) in [7, 11) is 0. The largest absolute Gasteiger partial charge is 0.465 e. The lowest BCUT2D eigenvalue weighted by molar-refractivity contribution is -0.149. The van der Waals surface area contributed by atoms with Crippen LogP contribution in [0, 0.1) is 11.6 Å². The zero-order valence-electron chi connectivity index (χ0n) is 10.2. The molecule has 17 heavy (non-hydrogen) atoms. The van der Waals surface area contributed by atoms with E-state index in [4.69, 9.17) is 4.74 Å². The zero-order chi connectivity index (χ0) is 13.1. The highest BCUT2D eigenvalue weighted by molar-refractivity contribution is 5.82. The van der Waals surface area contributed by atoms with E-state index < -0.39 is 23.0 Å². The third-order valence-corrected chi connectivity index (χ3v) is 2.95. The lowest BCUT2D eigenvalue weighted by Crippen LogP contribution is -2.35. The summed E-state index contributed by atoms with van der Waals surface area (Å²) < 4.78 is 32.3. The number of esters is 1. The molecule has 0 amide bonds. The summed E-state index contributed by atoms with van der Waals surface area (Å²) in [5, 5.41) is 0. The first-order valence-electron chi connectivity index (χ1n) is 5.59. The maximum Gasteiger partial charge on any atom is 0.316 e. The minimum Gasteiger partial charge on any atom is -0.465 e. The number of rotatable bonds is 4. The third-order valence-electron chi connectivity index (χ3n) is 2.95. The van der Waals surface area contributed by atoms with Gasteiger partial charge in [0.2, 0.25) is 0 Å². The molecule has 0 spiro atoms. The van der Waals surface area contributed by atoms with Crippen LogP contribution in [-0.4, -0.2) is 12.6 Å². The van der Waals surface area contributed by atoms with Crippen LogP contribution in [0.5, 0.6) is 0 Å². The molecule has 0 fully saturated rings. The van der Waals surface area contributed by atoms with Crippen molar-refractivity contribution in [3.05, 3.63) is 35.4 Å². The monoisotopic (exact) mass is 242 g/mol. The first-order chi connectivity index (χ1) is 7.97. The maximum atomic E-state index is 13.7. The number of ether oxygens (including phenoxy) is 1. The Hall–Kier alpha value is -1.45. The number of hydrogen-bond donors (Lipinski definition) is 0. The Kier molecular flexibility index (Phi) is 4.21. The highest BCUT2D eigenvalue weighted by Crippen LogP contribution is 2.33. The summed E-state index contributed by atoms with van der Waals surface area (Å²) in [5.41, 5.74) is -1.51. The van der Waals surface area contributed by atoms with Gasteiger partial charge in [0.1, 0.15) is 11.6 Å². The van der Waals surface area contributed by atoms with Crippen molar-refractivity contribution in [1.82, 2.24) is 0 Å². The average molecular weight is 242 g/mol. The van der Waals surface area contributed by atoms with E-state index in [1.165, 1.54) is 13.0 Å². The summed E-state index contributed by atoms with van der Waals surface area (Å²) in [5.74, 6) is -2.05. The van der Waals surface area contributed by atoms with Gasteiger partial charge in [-0.1, -0.05) is 13.0 Å². The molecule has 0 heterocycles. The van der Waals surface area contributed by atoms with Gasteiger partial charge >= 0.3 is 5.97 Å². The smallest absolute Gasteiger partial charge is 0.316 e. The van der Waals surface area contributed by atoms with Gasteiger partial charge in [0.25, 0.3) is 0 Å². The van der Waals surface area contributed by atoms with Crippen LogP contribution in [-0.2, 0) is 14.9 Å². The second kappa shape index (κ2) is 5.25. The van der Waals surface area contributed by atoms with E-state index in [2.05, 4.69) is 0 Å². The molecule has 0 bridgehead atoms. The molecule has 4 heteroatoms. The molecule has 1 atom stereocenters. The third kappa shape index (κ3) is 2.46. The predicted octanol–water partition coefficient (Wildman–Crippen LogP) is 3.20. The molecule has 0 aromatic heterocycles. The van der Waals surface area contributed by atoms with E-state index in [1.54, 1.807) is 13.8 Å². The lowest BCUT2D eigenvalue weighted by atomic mass is 9.79. The molecule has 0 aliphatic rings. The van der Waals surface area contributed by atoms with Gasteiger partial charge in [-0.3, -0.25) is 4.79 Å². The Labute approximate surface area is 99.6 Å². The van der Waals surface area contributed by atoms with Crippen LogP contribution in [0.15, 0.2) is 18.2 Å². The Morgan fingerprint density at radius 1 is 1.29 bits per heavy atom. The Morgan fingerprint density at radius 3 is 2.24 bits per heavy atom. The number of carbonyl (C=O) groups is 1. The summed E-state index contributed by atoms with van der Waals surface area (Å²) >= 11 is 0. The van der Waals surface area contributed by atoms with Crippen LogP contribution in [0.4, 0.5) is 8.78 Å². The molecule has 1 aromatic carbocycles. The van der Waals surface area contributed by atoms with Crippen LogP contribution in [0.1, 0.15) is 32.8 Å². The van der Waals surface area contributed by atoms with E-state index >= 15 is 0 Å². The second-order valence-corrected chi connectivity index (χ2v) is 4.00. The van der Waals surface area contributed by atoms with Gasteiger partial charge in [0.05, 0.1) is 12.0 Å². The second-order valence-electron chi connectivity index (χ2n) is 4.00. The van der Waals surface area contributed by atoms with E-state index in [9.17, 15) is 13.6 Å². The number of hydrogen-bond acceptors (Lipinski definition) is 2. The van der Waals surface area contributed by atoms with Crippen molar-refractivity contribution in [1.29, 1.82) is 0 Å². The van der Waals surface area contributed by atoms with E-state index in [0.29, 0.717) is 0 Å². The van der Waals surface area contributed by atoms with Gasteiger partial charge < -0.3 is 4.74 Å². The van der Waals surface area contributed by atoms with Crippen LogP contribution in [0.2, 0.25) is 0 Å². The molecular weight excluding hydrogens is 226 g/mol. The van der Waals surface area contributed by atoms with Gasteiger partial charge in [0.15, 0.2) is 0 Å². The van der Waals surface area contributed by atoms with Crippen LogP contribution >= 0.6 is 0 Å². The van der Waals surface area contributed by atoms with Crippen molar-refractivity contribution in [3.63, 3.8) is 0 Å². The molecule has 94 valence electrons. The van der Waals surface area contributed by atoms with Gasteiger partial charge in [-0.2, -0.15) is 0 Å². The average Bonchev–Trinajstić information content (AvgIpc) is 2.28. The van der Waals surface area contributed by atoms with E-state index in [0.717, 1.165) is 12.1 Å². The molecule has 2 nitrogen and oxygen atoms in total. The summed E-state index contributed by atoms with van der Waals surface area (Å²) in [4.78, 5) is 11.8. The quantitative estimate of drug-likeness (QED) is 0.758. The minimum atomic E-state index is -1.29. The van der Waals surface area contributed by atoms with Crippen molar-refractivity contribution in [3.8, 4) is 0 Å². The normalized spacial score (nSPS) is 14.2. The number of benzene rings is 1. The lowest BCUT2D eigenvalue weighted by Gasteiger charge is -2.26. The molecule has 0 radical (unpaired) electrons. The van der Waals surface area contributed by atoms with Gasteiger partial charge in [-0.15, -0.1) is 0 Å². The number of halogens is 2. The van der Waals surface area contributed by atoms with Gasteiger partial charge in [0, 0.05) is 5.56 Å². The first-order valence-corrected chi connectivity index (χ1v) is 5.59. The molecule has 1 unspecified atom stereocenters. The highest BCUT2D eigenvalue weighted by atomic mass is 19.1. The van der Waals surface area contributed by atoms with Crippen molar-refractivity contribution in [2.75, 3.05) is 6.61 Å². The molecular formula is C13H16F2O2. The summed E-state index contributed by atoms with van der Waals surface area (Å²) in [6.07, 6.45) is 0.268. The van der Waals surface area contributed by atoms with Crippen LogP contribution in [0.25, 0.3) is 0 Å². The van der Waals surface area contributed by atoms with Crippen molar-refractivity contribution in [2.24, 2.45) is 0 Å². The Bertz CT molecular complexity index is 398. The first kappa shape index (κ1) is 13.6. The number of carbonyl (C=O) groups excluding carboxylic acids is 1. The molecule has 0 saturated heterocycles. The fraction of sp³-hybridized carbons (Fsp3) is 0.462. The fourth-order valence-electron chi connectivity index (χ4n) is 1.74. The molecule has 0 aliphatic carbocycles. The molecule has 0 saturated carbocycles. The van der Waals surface area contributed by atoms with E-state index in [-0.39, 0.29) is 18.6 Å². The van der Waals surface area contributed by atoms with Crippen molar-refractivity contribution >= 4 is 5.97 Å². The van der Waals surface area contributed by atoms with Gasteiger partial charge in [-0.25, -0.2) is 8.78 Å². The van der Waals surface area contributed by atoms with Gasteiger partial charge in [-0.05, 0) is 32.4 Å². The van der Waals surface area contributed by atoms with Crippen molar-refractivity contribution in [2.45, 2.75) is 32.6 Å². The maximum absolute atomic E-state index is 13.7. The zero-order valence-corrected chi connectivity index (χ0v) is 10.2. The molecule has 1 aromatic rings.